The van der Waals surface area contributed by atoms with E-state index >= 15 is 0 Å². The maximum Gasteiger partial charge on any atom is 0.162 e. The van der Waals surface area contributed by atoms with Crippen molar-refractivity contribution in [3.8, 4) is 5.75 Å². The van der Waals surface area contributed by atoms with Crippen molar-refractivity contribution >= 4 is 5.78 Å². The Morgan fingerprint density at radius 2 is 1.48 bits per heavy atom. The van der Waals surface area contributed by atoms with Gasteiger partial charge in [-0.25, -0.2) is 0 Å². The van der Waals surface area contributed by atoms with Gasteiger partial charge in [-0.2, -0.15) is 0 Å². The van der Waals surface area contributed by atoms with Gasteiger partial charge in [-0.3, -0.25) is 4.79 Å². The van der Waals surface area contributed by atoms with Gasteiger partial charge >= 0.3 is 0 Å². The summed E-state index contributed by atoms with van der Waals surface area (Å²) in [5.74, 6) is 1.12. The van der Waals surface area contributed by atoms with Crippen LogP contribution in [0.5, 0.6) is 5.75 Å². The van der Waals surface area contributed by atoms with E-state index in [9.17, 15) is 4.79 Å². The molecule has 1 aromatic rings. The molecule has 0 aromatic heterocycles. The van der Waals surface area contributed by atoms with Crippen LogP contribution in [0.15, 0.2) is 24.3 Å². The summed E-state index contributed by atoms with van der Waals surface area (Å²) >= 11 is 0. The van der Waals surface area contributed by atoms with E-state index in [0.29, 0.717) is 6.42 Å². The predicted molar refractivity (Wildman–Crippen MR) is 89.2 cm³/mol. The van der Waals surface area contributed by atoms with Crippen molar-refractivity contribution in [3.05, 3.63) is 29.8 Å². The molecule has 0 fully saturated rings. The van der Waals surface area contributed by atoms with Crippen molar-refractivity contribution < 1.29 is 9.53 Å². The predicted octanol–water partition coefficient (Wildman–Crippen LogP) is 5.80. The fraction of sp³-hybridized carbons (Fsp3) is 0.632. The quantitative estimate of drug-likeness (QED) is 0.359. The summed E-state index contributed by atoms with van der Waals surface area (Å²) in [6.07, 6.45) is 10.2. The van der Waals surface area contributed by atoms with Crippen LogP contribution < -0.4 is 4.74 Å². The molecule has 0 saturated heterocycles. The molecular weight excluding hydrogens is 260 g/mol. The molecule has 0 heterocycles. The summed E-state index contributed by atoms with van der Waals surface area (Å²) in [6.45, 7) is 5.12. The van der Waals surface area contributed by atoms with Gasteiger partial charge in [0.2, 0.25) is 0 Å². The van der Waals surface area contributed by atoms with Gasteiger partial charge in [0.15, 0.2) is 5.78 Å². The number of ether oxygens (including phenoxy) is 1. The molecule has 0 amide bonds. The summed E-state index contributed by atoms with van der Waals surface area (Å²) in [4.78, 5) is 12.1. The number of carbonyl (C=O) groups is 1. The van der Waals surface area contributed by atoms with E-state index in [4.69, 9.17) is 4.74 Å². The molecule has 118 valence electrons. The lowest BCUT2D eigenvalue weighted by molar-refractivity contribution is 0.0979. The maximum absolute atomic E-state index is 12.1. The van der Waals surface area contributed by atoms with Crippen LogP contribution in [-0.4, -0.2) is 12.4 Å². The Bertz CT molecular complexity index is 381. The number of ketones is 1. The zero-order valence-electron chi connectivity index (χ0n) is 13.7. The fourth-order valence-corrected chi connectivity index (χ4v) is 2.28. The Morgan fingerprint density at radius 3 is 2.14 bits per heavy atom. The topological polar surface area (TPSA) is 26.3 Å². The minimum absolute atomic E-state index is 0.255. The lowest BCUT2D eigenvalue weighted by Gasteiger charge is -2.06. The molecule has 0 saturated carbocycles. The lowest BCUT2D eigenvalue weighted by Crippen LogP contribution is -2.00. The van der Waals surface area contributed by atoms with E-state index in [1.165, 1.54) is 32.1 Å². The second-order valence-corrected chi connectivity index (χ2v) is 5.67. The standard InChI is InChI=1S/C19H30O2/c1-3-5-7-8-9-10-11-19(20)17-12-14-18(15-13-17)21-16-6-4-2/h12-15H,3-11,16H2,1-2H3. The third kappa shape index (κ3) is 7.89. The molecule has 0 bridgehead atoms. The number of benzene rings is 1. The van der Waals surface area contributed by atoms with E-state index in [2.05, 4.69) is 13.8 Å². The average molecular weight is 290 g/mol. The first-order valence-electron chi connectivity index (χ1n) is 8.54. The van der Waals surface area contributed by atoms with Crippen LogP contribution >= 0.6 is 0 Å². The molecule has 0 radical (unpaired) electrons. The molecule has 0 N–H and O–H groups in total. The van der Waals surface area contributed by atoms with Crippen molar-refractivity contribution in [1.82, 2.24) is 0 Å². The normalized spacial score (nSPS) is 10.6. The van der Waals surface area contributed by atoms with Gasteiger partial charge in [0.05, 0.1) is 6.61 Å². The Morgan fingerprint density at radius 1 is 0.857 bits per heavy atom. The Balaban J connectivity index is 2.24. The Kier molecular flexibility index (Phi) is 9.60. The minimum Gasteiger partial charge on any atom is -0.494 e. The SMILES string of the molecule is CCCCCCCCC(=O)c1ccc(OCCCC)cc1. The van der Waals surface area contributed by atoms with E-state index in [1.54, 1.807) is 0 Å². The lowest BCUT2D eigenvalue weighted by atomic mass is 10.0. The molecule has 0 aliphatic heterocycles. The van der Waals surface area contributed by atoms with Crippen LogP contribution in [0.4, 0.5) is 0 Å². The summed E-state index contributed by atoms with van der Waals surface area (Å²) in [5, 5.41) is 0. The van der Waals surface area contributed by atoms with Gasteiger partial charge in [-0.05, 0) is 37.1 Å². The first kappa shape index (κ1) is 17.7. The van der Waals surface area contributed by atoms with Gasteiger partial charge < -0.3 is 4.74 Å². The van der Waals surface area contributed by atoms with Gasteiger partial charge in [0, 0.05) is 12.0 Å². The monoisotopic (exact) mass is 290 g/mol. The number of hydrogen-bond donors (Lipinski definition) is 0. The van der Waals surface area contributed by atoms with Crippen LogP contribution in [0, 0.1) is 0 Å². The average Bonchev–Trinajstić information content (AvgIpc) is 2.51. The fourth-order valence-electron chi connectivity index (χ4n) is 2.28. The second kappa shape index (κ2) is 11.4. The molecule has 2 nitrogen and oxygen atoms in total. The highest BCUT2D eigenvalue weighted by Crippen LogP contribution is 2.15. The van der Waals surface area contributed by atoms with E-state index in [1.807, 2.05) is 24.3 Å². The Labute approximate surface area is 129 Å². The first-order chi connectivity index (χ1) is 10.3. The number of hydrogen-bond acceptors (Lipinski definition) is 2. The van der Waals surface area contributed by atoms with Crippen LogP contribution in [0.3, 0.4) is 0 Å². The molecular formula is C19H30O2. The number of unbranched alkanes of at least 4 members (excludes halogenated alkanes) is 6. The van der Waals surface area contributed by atoms with Crippen molar-refractivity contribution in [2.24, 2.45) is 0 Å². The van der Waals surface area contributed by atoms with Gasteiger partial charge in [-0.15, -0.1) is 0 Å². The second-order valence-electron chi connectivity index (χ2n) is 5.67. The molecule has 0 aliphatic carbocycles. The van der Waals surface area contributed by atoms with Crippen molar-refractivity contribution in [2.75, 3.05) is 6.61 Å². The summed E-state index contributed by atoms with van der Waals surface area (Å²) in [6, 6.07) is 7.59. The van der Waals surface area contributed by atoms with Crippen LogP contribution in [0.25, 0.3) is 0 Å². The molecule has 2 heteroatoms. The first-order valence-corrected chi connectivity index (χ1v) is 8.54. The van der Waals surface area contributed by atoms with Gasteiger partial charge in [0.1, 0.15) is 5.75 Å². The zero-order valence-corrected chi connectivity index (χ0v) is 13.7. The van der Waals surface area contributed by atoms with Crippen molar-refractivity contribution in [3.63, 3.8) is 0 Å². The van der Waals surface area contributed by atoms with E-state index in [0.717, 1.165) is 37.2 Å². The molecule has 21 heavy (non-hydrogen) atoms. The Hall–Kier alpha value is -1.31. The summed E-state index contributed by atoms with van der Waals surface area (Å²) < 4.78 is 5.61. The highest BCUT2D eigenvalue weighted by Gasteiger charge is 2.05. The number of rotatable bonds is 12. The van der Waals surface area contributed by atoms with Gasteiger partial charge in [0.25, 0.3) is 0 Å². The molecule has 1 aromatic carbocycles. The molecule has 0 unspecified atom stereocenters. The minimum atomic E-state index is 0.255. The number of Topliss-reactive ketones (excluding diaryl/α,β-unsaturated/α-hetero) is 1. The summed E-state index contributed by atoms with van der Waals surface area (Å²) in [5.41, 5.74) is 0.811. The smallest absolute Gasteiger partial charge is 0.162 e. The maximum atomic E-state index is 12.1. The van der Waals surface area contributed by atoms with Gasteiger partial charge in [-0.1, -0.05) is 52.4 Å². The third-order valence-electron chi connectivity index (χ3n) is 3.70. The molecule has 0 atom stereocenters. The molecule has 1 rings (SSSR count). The molecule has 0 aliphatic rings. The van der Waals surface area contributed by atoms with Crippen LogP contribution in [0.2, 0.25) is 0 Å². The van der Waals surface area contributed by atoms with Crippen molar-refractivity contribution in [2.45, 2.75) is 71.6 Å². The van der Waals surface area contributed by atoms with Crippen molar-refractivity contribution in [1.29, 1.82) is 0 Å². The van der Waals surface area contributed by atoms with E-state index < -0.39 is 0 Å². The summed E-state index contributed by atoms with van der Waals surface area (Å²) in [7, 11) is 0. The zero-order chi connectivity index (χ0) is 15.3. The molecule has 0 spiro atoms. The number of carbonyl (C=O) groups excluding carboxylic acids is 1. The largest absolute Gasteiger partial charge is 0.494 e. The highest BCUT2D eigenvalue weighted by atomic mass is 16.5. The van der Waals surface area contributed by atoms with Crippen LogP contribution in [-0.2, 0) is 0 Å². The third-order valence-corrected chi connectivity index (χ3v) is 3.70. The van der Waals surface area contributed by atoms with E-state index in [-0.39, 0.29) is 5.78 Å². The highest BCUT2D eigenvalue weighted by molar-refractivity contribution is 5.96. The van der Waals surface area contributed by atoms with Crippen LogP contribution in [0.1, 0.15) is 82.0 Å².